The molecule has 0 unspecified atom stereocenters. The number of hydrogen-bond acceptors (Lipinski definition) is 2. The molecule has 0 bridgehead atoms. The molecule has 1 aromatic heterocycles. The van der Waals surface area contributed by atoms with E-state index in [1.165, 1.54) is 12.5 Å². The summed E-state index contributed by atoms with van der Waals surface area (Å²) in [5.41, 5.74) is -1.39. The Labute approximate surface area is 128 Å². The van der Waals surface area contributed by atoms with E-state index >= 15 is 0 Å². The van der Waals surface area contributed by atoms with Crippen LogP contribution in [0.2, 0.25) is 0 Å². The summed E-state index contributed by atoms with van der Waals surface area (Å²) < 4.78 is 57.7. The average Bonchev–Trinajstić information content (AvgIpc) is 2.93. The molecule has 0 saturated heterocycles. The van der Waals surface area contributed by atoms with Gasteiger partial charge in [0.15, 0.2) is 0 Å². The number of phenolic OH excluding ortho intramolecular Hbond substituents is 1. The van der Waals surface area contributed by atoms with Crippen molar-refractivity contribution in [3.63, 3.8) is 0 Å². The van der Waals surface area contributed by atoms with Crippen molar-refractivity contribution < 1.29 is 22.7 Å². The summed E-state index contributed by atoms with van der Waals surface area (Å²) in [6, 6.07) is 3.20. The third kappa shape index (κ3) is 2.90. The number of aromatic nitrogens is 2. The summed E-state index contributed by atoms with van der Waals surface area (Å²) in [4.78, 5) is 3.81. The van der Waals surface area contributed by atoms with Crippen LogP contribution < -0.4 is 0 Å². The first-order valence-corrected chi connectivity index (χ1v) is 6.57. The molecule has 23 heavy (non-hydrogen) atoms. The maximum absolute atomic E-state index is 14.2. The molecular weight excluding hydrogens is 312 g/mol. The molecule has 3 rings (SSSR count). The lowest BCUT2D eigenvalue weighted by atomic mass is 10.0. The first kappa shape index (κ1) is 15.1. The minimum atomic E-state index is -1.25. The van der Waals surface area contributed by atoms with Gasteiger partial charge in [-0.25, -0.2) is 22.5 Å². The van der Waals surface area contributed by atoms with Crippen molar-refractivity contribution in [3.8, 4) is 16.9 Å². The maximum atomic E-state index is 14.2. The van der Waals surface area contributed by atoms with Crippen LogP contribution in [0.5, 0.6) is 5.75 Å². The minimum Gasteiger partial charge on any atom is -0.508 e. The fourth-order valence-electron chi connectivity index (χ4n) is 2.35. The van der Waals surface area contributed by atoms with Crippen molar-refractivity contribution in [3.05, 3.63) is 71.8 Å². The summed E-state index contributed by atoms with van der Waals surface area (Å²) in [5.74, 6) is -5.35. The van der Waals surface area contributed by atoms with Crippen LogP contribution in [0.3, 0.4) is 0 Å². The Morgan fingerprint density at radius 2 is 1.39 bits per heavy atom. The van der Waals surface area contributed by atoms with Crippen molar-refractivity contribution in [2.24, 2.45) is 0 Å². The van der Waals surface area contributed by atoms with E-state index in [0.29, 0.717) is 12.1 Å². The summed E-state index contributed by atoms with van der Waals surface area (Å²) in [6.45, 7) is 0.161. The Bertz CT molecular complexity index is 817. The van der Waals surface area contributed by atoms with Gasteiger partial charge in [-0.1, -0.05) is 0 Å². The lowest BCUT2D eigenvalue weighted by Crippen LogP contribution is -2.02. The molecule has 0 amide bonds. The lowest BCUT2D eigenvalue weighted by Gasteiger charge is -2.11. The van der Waals surface area contributed by atoms with E-state index in [0.717, 1.165) is 12.1 Å². The highest BCUT2D eigenvalue weighted by Crippen LogP contribution is 2.33. The van der Waals surface area contributed by atoms with Gasteiger partial charge in [-0.05, 0) is 17.7 Å². The van der Waals surface area contributed by atoms with Gasteiger partial charge in [-0.15, -0.1) is 0 Å². The number of aromatic hydroxyl groups is 1. The van der Waals surface area contributed by atoms with Crippen LogP contribution in [-0.4, -0.2) is 14.7 Å². The van der Waals surface area contributed by atoms with Gasteiger partial charge in [0.05, 0.1) is 17.5 Å². The van der Waals surface area contributed by atoms with Crippen LogP contribution in [0.1, 0.15) is 5.56 Å². The number of phenols is 1. The van der Waals surface area contributed by atoms with Gasteiger partial charge in [0.2, 0.25) is 0 Å². The van der Waals surface area contributed by atoms with Crippen molar-refractivity contribution in [1.29, 1.82) is 0 Å². The molecule has 0 radical (unpaired) electrons. The van der Waals surface area contributed by atoms with Crippen molar-refractivity contribution in [2.75, 3.05) is 0 Å². The van der Waals surface area contributed by atoms with E-state index in [1.54, 1.807) is 10.8 Å². The van der Waals surface area contributed by atoms with Crippen LogP contribution in [0, 0.1) is 23.3 Å². The van der Waals surface area contributed by atoms with E-state index in [-0.39, 0.29) is 12.1 Å². The third-order valence-electron chi connectivity index (χ3n) is 3.30. The molecule has 0 aliphatic heterocycles. The zero-order chi connectivity index (χ0) is 16.6. The number of rotatable bonds is 3. The highest BCUT2D eigenvalue weighted by atomic mass is 19.1. The molecule has 2 aromatic carbocycles. The molecule has 0 atom stereocenters. The largest absolute Gasteiger partial charge is 0.508 e. The second-order valence-electron chi connectivity index (χ2n) is 4.95. The van der Waals surface area contributed by atoms with Gasteiger partial charge in [-0.2, -0.15) is 0 Å². The molecule has 0 aliphatic carbocycles. The maximum Gasteiger partial charge on any atom is 0.137 e. The van der Waals surface area contributed by atoms with Crippen LogP contribution in [0.15, 0.2) is 43.0 Å². The molecule has 0 aliphatic rings. The van der Waals surface area contributed by atoms with Gasteiger partial charge in [-0.3, -0.25) is 0 Å². The first-order chi connectivity index (χ1) is 11.0. The van der Waals surface area contributed by atoms with Gasteiger partial charge in [0.1, 0.15) is 29.0 Å². The molecule has 0 fully saturated rings. The zero-order valence-electron chi connectivity index (χ0n) is 11.6. The topological polar surface area (TPSA) is 38.0 Å². The fourth-order valence-corrected chi connectivity index (χ4v) is 2.35. The molecule has 1 N–H and O–H groups in total. The van der Waals surface area contributed by atoms with E-state index in [4.69, 9.17) is 5.11 Å². The molecular formula is C16H10F4N2O. The van der Waals surface area contributed by atoms with Crippen LogP contribution in [0.4, 0.5) is 17.6 Å². The molecule has 118 valence electrons. The van der Waals surface area contributed by atoms with Gasteiger partial charge >= 0.3 is 0 Å². The number of hydrogen-bond donors (Lipinski definition) is 1. The molecule has 3 aromatic rings. The zero-order valence-corrected chi connectivity index (χ0v) is 11.6. The van der Waals surface area contributed by atoms with E-state index < -0.39 is 40.1 Å². The van der Waals surface area contributed by atoms with Crippen LogP contribution in [0.25, 0.3) is 11.1 Å². The molecule has 1 heterocycles. The van der Waals surface area contributed by atoms with E-state index in [1.807, 2.05) is 0 Å². The average molecular weight is 322 g/mol. The number of imidazole rings is 1. The fraction of sp³-hybridized carbons (Fsp3) is 0.0625. The number of halogens is 4. The Hall–Kier alpha value is -2.83. The monoisotopic (exact) mass is 322 g/mol. The van der Waals surface area contributed by atoms with Crippen LogP contribution in [-0.2, 0) is 6.54 Å². The van der Waals surface area contributed by atoms with E-state index in [9.17, 15) is 17.6 Å². The van der Waals surface area contributed by atoms with Crippen molar-refractivity contribution in [2.45, 2.75) is 6.54 Å². The van der Waals surface area contributed by atoms with Crippen LogP contribution >= 0.6 is 0 Å². The predicted octanol–water partition coefficient (Wildman–Crippen LogP) is 3.86. The SMILES string of the molecule is Oc1cc(F)c(-c2c(F)cc(Cn3ccnc3)cc2F)c(F)c1. The standard InChI is InChI=1S/C16H10F4N2O/c17-11-3-9(7-22-2-1-21-8-22)4-12(18)15(11)16-13(19)5-10(23)6-14(16)20/h1-6,8,23H,7H2. The quantitative estimate of drug-likeness (QED) is 0.744. The van der Waals surface area contributed by atoms with Crippen molar-refractivity contribution in [1.82, 2.24) is 9.55 Å². The highest BCUT2D eigenvalue weighted by Gasteiger charge is 2.21. The Morgan fingerprint density at radius 1 is 0.870 bits per heavy atom. The smallest absolute Gasteiger partial charge is 0.137 e. The molecule has 0 saturated carbocycles. The summed E-state index contributed by atoms with van der Waals surface area (Å²) in [6.07, 6.45) is 4.61. The van der Waals surface area contributed by atoms with E-state index in [2.05, 4.69) is 4.98 Å². The number of benzene rings is 2. The molecule has 0 spiro atoms. The summed E-state index contributed by atoms with van der Waals surface area (Å²) in [7, 11) is 0. The second kappa shape index (κ2) is 5.75. The molecule has 3 nitrogen and oxygen atoms in total. The molecule has 7 heteroatoms. The lowest BCUT2D eigenvalue weighted by molar-refractivity contribution is 0.460. The summed E-state index contributed by atoms with van der Waals surface area (Å²) >= 11 is 0. The second-order valence-corrected chi connectivity index (χ2v) is 4.95. The van der Waals surface area contributed by atoms with Crippen molar-refractivity contribution >= 4 is 0 Å². The van der Waals surface area contributed by atoms with Gasteiger partial charge < -0.3 is 9.67 Å². The Balaban J connectivity index is 2.08. The van der Waals surface area contributed by atoms with Gasteiger partial charge in [0.25, 0.3) is 0 Å². The summed E-state index contributed by atoms with van der Waals surface area (Å²) in [5, 5.41) is 9.12. The Kier molecular flexibility index (Phi) is 3.77. The third-order valence-corrected chi connectivity index (χ3v) is 3.30. The first-order valence-electron chi connectivity index (χ1n) is 6.57. The van der Waals surface area contributed by atoms with Gasteiger partial charge in [0, 0.05) is 31.1 Å². The minimum absolute atomic E-state index is 0.161. The number of nitrogens with zero attached hydrogens (tertiary/aromatic N) is 2. The highest BCUT2D eigenvalue weighted by molar-refractivity contribution is 5.67. The Morgan fingerprint density at radius 3 is 1.87 bits per heavy atom. The predicted molar refractivity (Wildman–Crippen MR) is 74.7 cm³/mol. The normalized spacial score (nSPS) is 11.0.